The summed E-state index contributed by atoms with van der Waals surface area (Å²) in [4.78, 5) is 14.8. The van der Waals surface area contributed by atoms with Crippen LogP contribution in [0.1, 0.15) is 28.4 Å². The molecule has 0 bridgehead atoms. The summed E-state index contributed by atoms with van der Waals surface area (Å²) >= 11 is 0. The molecule has 1 amide bonds. The number of ether oxygens (including phenoxy) is 1. The van der Waals surface area contributed by atoms with Crippen molar-refractivity contribution in [2.75, 3.05) is 17.2 Å². The average molecular weight is 333 g/mol. The third kappa shape index (κ3) is 3.27. The fourth-order valence-corrected chi connectivity index (χ4v) is 2.76. The first-order chi connectivity index (χ1) is 10.5. The molecular formula is C18H21ClN2O2. The molecule has 0 radical (unpaired) electrons. The van der Waals surface area contributed by atoms with Crippen molar-refractivity contribution in [2.24, 2.45) is 0 Å². The van der Waals surface area contributed by atoms with Crippen LogP contribution >= 0.6 is 12.4 Å². The second-order valence-corrected chi connectivity index (χ2v) is 5.89. The Morgan fingerprint density at radius 3 is 2.70 bits per heavy atom. The number of benzene rings is 2. The minimum absolute atomic E-state index is 0. The Kier molecular flexibility index (Phi) is 4.85. The van der Waals surface area contributed by atoms with Gasteiger partial charge in [-0.2, -0.15) is 0 Å². The predicted octanol–water partition coefficient (Wildman–Crippen LogP) is 3.74. The molecule has 2 aromatic carbocycles. The minimum Gasteiger partial charge on any atom is -0.487 e. The van der Waals surface area contributed by atoms with Gasteiger partial charge in [0, 0.05) is 11.3 Å². The van der Waals surface area contributed by atoms with Crippen LogP contribution in [0.25, 0.3) is 0 Å². The number of amides is 1. The zero-order valence-electron chi connectivity index (χ0n) is 13.5. The van der Waals surface area contributed by atoms with Gasteiger partial charge in [-0.25, -0.2) is 0 Å². The summed E-state index contributed by atoms with van der Waals surface area (Å²) in [6.07, 6.45) is -0.0420. The monoisotopic (exact) mass is 332 g/mol. The number of hydrogen-bond acceptors (Lipinski definition) is 3. The highest BCUT2D eigenvalue weighted by Crippen LogP contribution is 2.35. The Balaban J connectivity index is 0.00000192. The first-order valence-corrected chi connectivity index (χ1v) is 7.41. The van der Waals surface area contributed by atoms with Crippen molar-refractivity contribution >= 4 is 29.7 Å². The number of carbonyl (C=O) groups is 1. The van der Waals surface area contributed by atoms with E-state index >= 15 is 0 Å². The zero-order valence-corrected chi connectivity index (χ0v) is 14.3. The maximum absolute atomic E-state index is 13.0. The lowest BCUT2D eigenvalue weighted by Crippen LogP contribution is -2.42. The lowest BCUT2D eigenvalue weighted by atomic mass is 10.0. The molecule has 1 aliphatic rings. The molecule has 4 nitrogen and oxygen atoms in total. The van der Waals surface area contributed by atoms with Gasteiger partial charge in [0.2, 0.25) is 0 Å². The second kappa shape index (κ2) is 6.50. The first-order valence-electron chi connectivity index (χ1n) is 7.41. The number of hydrogen-bond donors (Lipinski definition) is 1. The summed E-state index contributed by atoms with van der Waals surface area (Å²) in [5.74, 6) is 0.721. The van der Waals surface area contributed by atoms with Crippen molar-refractivity contribution in [1.29, 1.82) is 0 Å². The van der Waals surface area contributed by atoms with Crippen molar-refractivity contribution in [3.63, 3.8) is 0 Å². The Morgan fingerprint density at radius 1 is 1.22 bits per heavy atom. The van der Waals surface area contributed by atoms with Crippen LogP contribution in [0.4, 0.5) is 11.4 Å². The topological polar surface area (TPSA) is 55.6 Å². The SMILES string of the molecule is Cc1ccc2c(c1)OC(C)CN2C(=O)c1cc(N)ccc1C.Cl. The molecule has 0 aromatic heterocycles. The van der Waals surface area contributed by atoms with E-state index in [9.17, 15) is 4.79 Å². The number of nitrogens with zero attached hydrogens (tertiary/aromatic N) is 1. The summed E-state index contributed by atoms with van der Waals surface area (Å²) in [5, 5.41) is 0. The molecule has 5 heteroatoms. The van der Waals surface area contributed by atoms with E-state index in [-0.39, 0.29) is 24.4 Å². The number of nitrogen functional groups attached to an aromatic ring is 1. The Hall–Kier alpha value is -2.20. The number of fused-ring (bicyclic) bond motifs is 1. The van der Waals surface area contributed by atoms with Crippen molar-refractivity contribution in [2.45, 2.75) is 26.9 Å². The van der Waals surface area contributed by atoms with Gasteiger partial charge in [-0.1, -0.05) is 12.1 Å². The third-order valence-electron chi connectivity index (χ3n) is 3.91. The van der Waals surface area contributed by atoms with Crippen LogP contribution in [-0.2, 0) is 0 Å². The van der Waals surface area contributed by atoms with Gasteiger partial charge < -0.3 is 15.4 Å². The molecule has 2 N–H and O–H groups in total. The van der Waals surface area contributed by atoms with Crippen molar-refractivity contribution in [1.82, 2.24) is 0 Å². The van der Waals surface area contributed by atoms with E-state index < -0.39 is 0 Å². The van der Waals surface area contributed by atoms with Gasteiger partial charge in [0.15, 0.2) is 0 Å². The molecule has 0 saturated heterocycles. The van der Waals surface area contributed by atoms with Crippen LogP contribution in [0.2, 0.25) is 0 Å². The van der Waals surface area contributed by atoms with Gasteiger partial charge >= 0.3 is 0 Å². The number of rotatable bonds is 1. The average Bonchev–Trinajstić information content (AvgIpc) is 2.47. The molecule has 3 rings (SSSR count). The van der Waals surface area contributed by atoms with E-state index in [1.165, 1.54) is 0 Å². The molecule has 2 aromatic rings. The van der Waals surface area contributed by atoms with Crippen LogP contribution < -0.4 is 15.4 Å². The zero-order chi connectivity index (χ0) is 15.9. The summed E-state index contributed by atoms with van der Waals surface area (Å²) in [6, 6.07) is 11.3. The fraction of sp³-hybridized carbons (Fsp3) is 0.278. The van der Waals surface area contributed by atoms with Gasteiger partial charge in [0.25, 0.3) is 5.91 Å². The van der Waals surface area contributed by atoms with Gasteiger partial charge in [0.1, 0.15) is 11.9 Å². The summed E-state index contributed by atoms with van der Waals surface area (Å²) in [5.41, 5.74) is 9.93. The van der Waals surface area contributed by atoms with E-state index in [0.29, 0.717) is 17.8 Å². The van der Waals surface area contributed by atoms with Gasteiger partial charge in [-0.15, -0.1) is 12.4 Å². The summed E-state index contributed by atoms with van der Waals surface area (Å²) in [6.45, 7) is 6.44. The van der Waals surface area contributed by atoms with Gasteiger partial charge in [0.05, 0.1) is 12.2 Å². The number of nitrogens with two attached hydrogens (primary N) is 1. The molecule has 1 atom stereocenters. The molecule has 1 unspecified atom stereocenters. The molecule has 0 aliphatic carbocycles. The second-order valence-electron chi connectivity index (χ2n) is 5.89. The fourth-order valence-electron chi connectivity index (χ4n) is 2.76. The van der Waals surface area contributed by atoms with Crippen LogP contribution in [0.15, 0.2) is 36.4 Å². The van der Waals surface area contributed by atoms with Crippen LogP contribution in [0.3, 0.4) is 0 Å². The van der Waals surface area contributed by atoms with E-state index in [4.69, 9.17) is 10.5 Å². The van der Waals surface area contributed by atoms with Gasteiger partial charge in [-0.3, -0.25) is 4.79 Å². The molecular weight excluding hydrogens is 312 g/mol. The number of anilines is 2. The maximum Gasteiger partial charge on any atom is 0.258 e. The summed E-state index contributed by atoms with van der Waals surface area (Å²) in [7, 11) is 0. The van der Waals surface area contributed by atoms with Crippen molar-refractivity contribution < 1.29 is 9.53 Å². The standard InChI is InChI=1S/C18H20N2O2.ClH/c1-11-4-7-16-17(8-11)22-13(3)10-20(16)18(21)15-9-14(19)6-5-12(15)2;/h4-9,13H,10,19H2,1-3H3;1H. The first kappa shape index (κ1) is 17.2. The molecule has 1 heterocycles. The van der Waals surface area contributed by atoms with Gasteiger partial charge in [-0.05, 0) is 56.2 Å². The Bertz CT molecular complexity index is 746. The van der Waals surface area contributed by atoms with Crippen LogP contribution in [0, 0.1) is 13.8 Å². The Labute approximate surface area is 142 Å². The predicted molar refractivity (Wildman–Crippen MR) is 95.8 cm³/mol. The maximum atomic E-state index is 13.0. The van der Waals surface area contributed by atoms with E-state index in [1.807, 2.05) is 51.1 Å². The largest absolute Gasteiger partial charge is 0.487 e. The van der Waals surface area contributed by atoms with Crippen molar-refractivity contribution in [3.8, 4) is 5.75 Å². The third-order valence-corrected chi connectivity index (χ3v) is 3.91. The van der Waals surface area contributed by atoms with Crippen LogP contribution in [-0.4, -0.2) is 18.6 Å². The highest BCUT2D eigenvalue weighted by Gasteiger charge is 2.29. The lowest BCUT2D eigenvalue weighted by Gasteiger charge is -2.34. The number of carbonyl (C=O) groups excluding carboxylic acids is 1. The number of aryl methyl sites for hydroxylation is 2. The normalized spacial score (nSPS) is 16.1. The summed E-state index contributed by atoms with van der Waals surface area (Å²) < 4.78 is 5.86. The lowest BCUT2D eigenvalue weighted by molar-refractivity contribution is 0.0960. The quantitative estimate of drug-likeness (QED) is 0.809. The highest BCUT2D eigenvalue weighted by molar-refractivity contribution is 6.08. The molecule has 122 valence electrons. The van der Waals surface area contributed by atoms with E-state index in [2.05, 4.69) is 0 Å². The molecule has 1 aliphatic heterocycles. The molecule has 0 saturated carbocycles. The number of halogens is 1. The minimum atomic E-state index is -0.0420. The van der Waals surface area contributed by atoms with Crippen molar-refractivity contribution in [3.05, 3.63) is 53.1 Å². The Morgan fingerprint density at radius 2 is 1.96 bits per heavy atom. The molecule has 0 fully saturated rings. The molecule has 0 spiro atoms. The van der Waals surface area contributed by atoms with Crippen LogP contribution in [0.5, 0.6) is 5.75 Å². The molecule has 23 heavy (non-hydrogen) atoms. The smallest absolute Gasteiger partial charge is 0.258 e. The van der Waals surface area contributed by atoms with E-state index in [1.54, 1.807) is 11.0 Å². The van der Waals surface area contributed by atoms with E-state index in [0.717, 1.165) is 22.6 Å². The highest BCUT2D eigenvalue weighted by atomic mass is 35.5.